The van der Waals surface area contributed by atoms with Crippen molar-refractivity contribution in [2.24, 2.45) is 0 Å². The normalized spacial score (nSPS) is 27.9. The molecule has 1 fully saturated rings. The second-order valence-electron chi connectivity index (χ2n) is 3.80. The van der Waals surface area contributed by atoms with E-state index in [2.05, 4.69) is 6.92 Å². The highest BCUT2D eigenvalue weighted by atomic mass is 16.5. The van der Waals surface area contributed by atoms with Gasteiger partial charge in [0.25, 0.3) is 0 Å². The van der Waals surface area contributed by atoms with Crippen LogP contribution in [0.25, 0.3) is 0 Å². The SMILES string of the molecule is [CH2]CCCCCOC1COCC([O])C1. The van der Waals surface area contributed by atoms with Crippen LogP contribution in [-0.2, 0) is 14.6 Å². The van der Waals surface area contributed by atoms with Crippen LogP contribution in [0.4, 0.5) is 0 Å². The molecule has 0 spiro atoms. The summed E-state index contributed by atoms with van der Waals surface area (Å²) in [6, 6.07) is 0. The number of unbranched alkanes of at least 4 members (excludes halogenated alkanes) is 3. The van der Waals surface area contributed by atoms with Crippen molar-refractivity contribution >= 4 is 0 Å². The third kappa shape index (κ3) is 4.94. The van der Waals surface area contributed by atoms with Crippen LogP contribution in [0.3, 0.4) is 0 Å². The first-order chi connectivity index (χ1) is 6.83. The molecule has 0 amide bonds. The molecule has 2 radical (unpaired) electrons. The maximum Gasteiger partial charge on any atom is 0.119 e. The summed E-state index contributed by atoms with van der Waals surface area (Å²) >= 11 is 0. The Morgan fingerprint density at radius 3 is 2.86 bits per heavy atom. The predicted octanol–water partition coefficient (Wildman–Crippen LogP) is 1.99. The van der Waals surface area contributed by atoms with Gasteiger partial charge in [0.2, 0.25) is 0 Å². The van der Waals surface area contributed by atoms with E-state index in [1.165, 1.54) is 0 Å². The average molecular weight is 200 g/mol. The first-order valence-electron chi connectivity index (χ1n) is 5.47. The molecule has 0 saturated carbocycles. The zero-order chi connectivity index (χ0) is 10.2. The summed E-state index contributed by atoms with van der Waals surface area (Å²) in [4.78, 5) is 0. The summed E-state index contributed by atoms with van der Waals surface area (Å²) in [5.74, 6) is 0. The Morgan fingerprint density at radius 2 is 2.14 bits per heavy atom. The molecule has 3 nitrogen and oxygen atoms in total. The Bertz CT molecular complexity index is 138. The highest BCUT2D eigenvalue weighted by Crippen LogP contribution is 2.12. The maximum absolute atomic E-state index is 11.1. The molecule has 1 heterocycles. The summed E-state index contributed by atoms with van der Waals surface area (Å²) in [6.45, 7) is 5.47. The number of rotatable bonds is 6. The molecule has 14 heavy (non-hydrogen) atoms. The highest BCUT2D eigenvalue weighted by molar-refractivity contribution is 4.69. The molecule has 0 aromatic carbocycles. The summed E-state index contributed by atoms with van der Waals surface area (Å²) in [6.07, 6.45) is 4.44. The lowest BCUT2D eigenvalue weighted by Gasteiger charge is -2.25. The molecule has 82 valence electrons. The molecule has 0 N–H and O–H groups in total. The summed E-state index contributed by atoms with van der Waals surface area (Å²) in [5.41, 5.74) is 0. The minimum atomic E-state index is -0.589. The van der Waals surface area contributed by atoms with Crippen LogP contribution >= 0.6 is 0 Å². The zero-order valence-electron chi connectivity index (χ0n) is 8.74. The Morgan fingerprint density at radius 1 is 1.29 bits per heavy atom. The molecule has 0 aliphatic carbocycles. The van der Waals surface area contributed by atoms with Crippen LogP contribution in [-0.4, -0.2) is 32.0 Å². The van der Waals surface area contributed by atoms with Crippen molar-refractivity contribution < 1.29 is 14.6 Å². The fourth-order valence-electron chi connectivity index (χ4n) is 1.58. The second-order valence-corrected chi connectivity index (χ2v) is 3.80. The van der Waals surface area contributed by atoms with Gasteiger partial charge in [0.05, 0.1) is 19.3 Å². The summed E-state index contributed by atoms with van der Waals surface area (Å²) in [5, 5.41) is 11.1. The van der Waals surface area contributed by atoms with E-state index in [1.54, 1.807) is 0 Å². The topological polar surface area (TPSA) is 38.4 Å². The standard InChI is InChI=1S/C11H20O3/c1-2-3-4-5-6-14-11-7-10(12)8-13-9-11/h10-11H,1-9H2. The van der Waals surface area contributed by atoms with E-state index in [1.807, 2.05) is 0 Å². The molecule has 0 aromatic rings. The van der Waals surface area contributed by atoms with Crippen molar-refractivity contribution in [3.05, 3.63) is 6.92 Å². The van der Waals surface area contributed by atoms with Crippen LogP contribution in [0.2, 0.25) is 0 Å². The van der Waals surface area contributed by atoms with Crippen molar-refractivity contribution in [1.29, 1.82) is 0 Å². The van der Waals surface area contributed by atoms with E-state index in [4.69, 9.17) is 9.47 Å². The quantitative estimate of drug-likeness (QED) is 0.615. The molecular weight excluding hydrogens is 180 g/mol. The van der Waals surface area contributed by atoms with E-state index < -0.39 is 6.10 Å². The van der Waals surface area contributed by atoms with Crippen LogP contribution in [0.15, 0.2) is 0 Å². The van der Waals surface area contributed by atoms with E-state index in [0.717, 1.165) is 32.3 Å². The Balaban J connectivity index is 1.95. The minimum absolute atomic E-state index is 0.0333. The highest BCUT2D eigenvalue weighted by Gasteiger charge is 2.21. The van der Waals surface area contributed by atoms with Gasteiger partial charge in [-0.25, -0.2) is 5.11 Å². The van der Waals surface area contributed by atoms with Crippen molar-refractivity contribution in [1.82, 2.24) is 0 Å². The van der Waals surface area contributed by atoms with Gasteiger partial charge in [0.15, 0.2) is 0 Å². The molecule has 2 unspecified atom stereocenters. The van der Waals surface area contributed by atoms with Crippen molar-refractivity contribution in [2.45, 2.75) is 44.3 Å². The fraction of sp³-hybridized carbons (Fsp3) is 0.909. The third-order valence-corrected chi connectivity index (χ3v) is 2.38. The molecule has 3 heteroatoms. The van der Waals surface area contributed by atoms with Gasteiger partial charge in [-0.1, -0.05) is 26.2 Å². The van der Waals surface area contributed by atoms with Crippen LogP contribution in [0.5, 0.6) is 0 Å². The van der Waals surface area contributed by atoms with Gasteiger partial charge in [-0.3, -0.25) is 0 Å². The van der Waals surface area contributed by atoms with Gasteiger partial charge in [0, 0.05) is 13.0 Å². The van der Waals surface area contributed by atoms with E-state index in [-0.39, 0.29) is 6.10 Å². The maximum atomic E-state index is 11.1. The largest absolute Gasteiger partial charge is 0.376 e. The molecule has 2 atom stereocenters. The van der Waals surface area contributed by atoms with Gasteiger partial charge < -0.3 is 9.47 Å². The number of hydrogen-bond acceptors (Lipinski definition) is 2. The second kappa shape index (κ2) is 7.21. The molecule has 1 saturated heterocycles. The lowest BCUT2D eigenvalue weighted by molar-refractivity contribution is -0.117. The zero-order valence-corrected chi connectivity index (χ0v) is 8.74. The van der Waals surface area contributed by atoms with Gasteiger partial charge >= 0.3 is 0 Å². The van der Waals surface area contributed by atoms with Gasteiger partial charge in [-0.2, -0.15) is 0 Å². The lowest BCUT2D eigenvalue weighted by Crippen LogP contribution is -2.34. The third-order valence-electron chi connectivity index (χ3n) is 2.38. The van der Waals surface area contributed by atoms with Crippen molar-refractivity contribution in [3.63, 3.8) is 0 Å². The van der Waals surface area contributed by atoms with Gasteiger partial charge in [-0.05, 0) is 6.42 Å². The van der Waals surface area contributed by atoms with E-state index in [9.17, 15) is 5.11 Å². The molecule has 0 aromatic heterocycles. The molecule has 1 rings (SSSR count). The van der Waals surface area contributed by atoms with Crippen LogP contribution < -0.4 is 0 Å². The summed E-state index contributed by atoms with van der Waals surface area (Å²) < 4.78 is 10.7. The minimum Gasteiger partial charge on any atom is -0.376 e. The molecular formula is C11H20O3. The molecule has 1 aliphatic heterocycles. The first kappa shape index (κ1) is 12.0. The summed E-state index contributed by atoms with van der Waals surface area (Å²) in [7, 11) is 0. The van der Waals surface area contributed by atoms with Crippen molar-refractivity contribution in [3.8, 4) is 0 Å². The first-order valence-corrected chi connectivity index (χ1v) is 5.47. The molecule has 0 bridgehead atoms. The van der Waals surface area contributed by atoms with Crippen LogP contribution in [0.1, 0.15) is 32.1 Å². The van der Waals surface area contributed by atoms with Gasteiger partial charge in [0.1, 0.15) is 6.10 Å². The smallest absolute Gasteiger partial charge is 0.119 e. The fourth-order valence-corrected chi connectivity index (χ4v) is 1.58. The molecule has 1 aliphatic rings. The van der Waals surface area contributed by atoms with Gasteiger partial charge in [-0.15, -0.1) is 0 Å². The monoisotopic (exact) mass is 200 g/mol. The lowest BCUT2D eigenvalue weighted by atomic mass is 10.1. The van der Waals surface area contributed by atoms with E-state index in [0.29, 0.717) is 19.6 Å². The predicted molar refractivity (Wildman–Crippen MR) is 53.5 cm³/mol. The number of ether oxygens (including phenoxy) is 2. The Hall–Kier alpha value is -0.120. The number of hydrogen-bond donors (Lipinski definition) is 0. The Labute approximate surface area is 86.4 Å². The van der Waals surface area contributed by atoms with E-state index >= 15 is 0 Å². The average Bonchev–Trinajstić information content (AvgIpc) is 2.18. The Kier molecular flexibility index (Phi) is 6.15. The van der Waals surface area contributed by atoms with Crippen molar-refractivity contribution in [2.75, 3.05) is 19.8 Å². The van der Waals surface area contributed by atoms with Crippen LogP contribution in [0, 0.1) is 6.92 Å².